The summed E-state index contributed by atoms with van der Waals surface area (Å²) < 4.78 is 0. The number of anilines is 1. The van der Waals surface area contributed by atoms with E-state index in [9.17, 15) is 4.79 Å². The Morgan fingerprint density at radius 3 is 3.00 bits per heavy atom. The van der Waals surface area contributed by atoms with E-state index in [1.54, 1.807) is 22.7 Å². The second kappa shape index (κ2) is 5.87. The highest BCUT2D eigenvalue weighted by molar-refractivity contribution is 7.98. The second-order valence-corrected chi connectivity index (χ2v) is 8.01. The molecule has 3 nitrogen and oxygen atoms in total. The molecule has 1 amide bonds. The number of nitrogens with one attached hydrogen (secondary N) is 1. The monoisotopic (exact) mass is 344 g/mol. The maximum atomic E-state index is 12.1. The van der Waals surface area contributed by atoms with Crippen LogP contribution in [0.4, 0.5) is 5.13 Å². The summed E-state index contributed by atoms with van der Waals surface area (Å²) in [5.74, 6) is 0.916. The zero-order chi connectivity index (χ0) is 14.9. The SMILES string of the molecule is O=C(Cc1cccs1)Nc1nc2c(s1)CSc1ccccc1-2. The summed E-state index contributed by atoms with van der Waals surface area (Å²) in [6.45, 7) is 0. The lowest BCUT2D eigenvalue weighted by Gasteiger charge is -2.13. The van der Waals surface area contributed by atoms with Crippen LogP contribution < -0.4 is 5.32 Å². The molecule has 1 aliphatic heterocycles. The van der Waals surface area contributed by atoms with Gasteiger partial charge in [0.15, 0.2) is 5.13 Å². The van der Waals surface area contributed by atoms with E-state index in [2.05, 4.69) is 22.4 Å². The summed E-state index contributed by atoms with van der Waals surface area (Å²) in [6.07, 6.45) is 0.410. The van der Waals surface area contributed by atoms with Crippen molar-refractivity contribution < 1.29 is 4.79 Å². The first-order chi connectivity index (χ1) is 10.8. The summed E-state index contributed by atoms with van der Waals surface area (Å²) in [6, 6.07) is 12.2. The zero-order valence-corrected chi connectivity index (χ0v) is 14.0. The summed E-state index contributed by atoms with van der Waals surface area (Å²) >= 11 is 5.00. The molecule has 0 spiro atoms. The maximum Gasteiger partial charge on any atom is 0.231 e. The third-order valence-corrected chi connectivity index (χ3v) is 6.49. The van der Waals surface area contributed by atoms with E-state index < -0.39 is 0 Å². The van der Waals surface area contributed by atoms with Crippen LogP contribution in [0, 0.1) is 0 Å². The largest absolute Gasteiger partial charge is 0.302 e. The lowest BCUT2D eigenvalue weighted by Crippen LogP contribution is -2.13. The van der Waals surface area contributed by atoms with Crippen LogP contribution in [0.15, 0.2) is 46.7 Å². The Labute approximate surface area is 140 Å². The molecule has 0 unspecified atom stereocenters. The average molecular weight is 344 g/mol. The topological polar surface area (TPSA) is 42.0 Å². The van der Waals surface area contributed by atoms with Crippen molar-refractivity contribution in [2.75, 3.05) is 5.32 Å². The molecule has 0 aliphatic carbocycles. The highest BCUT2D eigenvalue weighted by atomic mass is 32.2. The van der Waals surface area contributed by atoms with Gasteiger partial charge in [-0.2, -0.15) is 0 Å². The van der Waals surface area contributed by atoms with Gasteiger partial charge in [0.05, 0.1) is 12.1 Å². The molecule has 22 heavy (non-hydrogen) atoms. The molecule has 1 N–H and O–H groups in total. The molecule has 0 saturated heterocycles. The fourth-order valence-electron chi connectivity index (χ4n) is 2.38. The van der Waals surface area contributed by atoms with E-state index in [-0.39, 0.29) is 5.91 Å². The van der Waals surface area contributed by atoms with Crippen molar-refractivity contribution in [3.63, 3.8) is 0 Å². The number of thiophene rings is 1. The molecule has 1 aromatic carbocycles. The fraction of sp³-hybridized carbons (Fsp3) is 0.125. The number of fused-ring (bicyclic) bond motifs is 3. The Balaban J connectivity index is 1.56. The van der Waals surface area contributed by atoms with Crippen LogP contribution in [0.1, 0.15) is 9.75 Å². The Hall–Kier alpha value is -1.63. The number of carbonyl (C=O) groups is 1. The van der Waals surface area contributed by atoms with Crippen molar-refractivity contribution in [3.8, 4) is 11.3 Å². The number of aromatic nitrogens is 1. The van der Waals surface area contributed by atoms with Gasteiger partial charge in [0, 0.05) is 26.0 Å². The fourth-order valence-corrected chi connectivity index (χ4v) is 5.20. The van der Waals surface area contributed by atoms with Gasteiger partial charge < -0.3 is 5.32 Å². The number of benzene rings is 1. The maximum absolute atomic E-state index is 12.1. The van der Waals surface area contributed by atoms with Gasteiger partial charge in [0.25, 0.3) is 0 Å². The van der Waals surface area contributed by atoms with Crippen LogP contribution >= 0.6 is 34.4 Å². The number of amides is 1. The van der Waals surface area contributed by atoms with Crippen LogP contribution in [0.25, 0.3) is 11.3 Å². The van der Waals surface area contributed by atoms with Gasteiger partial charge >= 0.3 is 0 Å². The van der Waals surface area contributed by atoms with Crippen LogP contribution in [-0.4, -0.2) is 10.9 Å². The van der Waals surface area contributed by atoms with Gasteiger partial charge in [0.2, 0.25) is 5.91 Å². The minimum Gasteiger partial charge on any atom is -0.302 e. The van der Waals surface area contributed by atoms with Crippen LogP contribution in [0.5, 0.6) is 0 Å². The molecule has 0 bridgehead atoms. The molecule has 4 rings (SSSR count). The third kappa shape index (κ3) is 2.69. The Morgan fingerprint density at radius 2 is 2.14 bits per heavy atom. The molecular formula is C16H12N2OS3. The quantitative estimate of drug-likeness (QED) is 0.751. The normalized spacial score (nSPS) is 12.5. The van der Waals surface area contributed by atoms with E-state index in [1.807, 2.05) is 41.4 Å². The van der Waals surface area contributed by atoms with Gasteiger partial charge in [-0.05, 0) is 17.5 Å². The van der Waals surface area contributed by atoms with Crippen molar-refractivity contribution in [2.24, 2.45) is 0 Å². The molecule has 0 saturated carbocycles. The summed E-state index contributed by atoms with van der Waals surface area (Å²) in [5.41, 5.74) is 2.19. The summed E-state index contributed by atoms with van der Waals surface area (Å²) in [7, 11) is 0. The smallest absolute Gasteiger partial charge is 0.231 e. The Bertz CT molecular complexity index is 824. The molecule has 110 valence electrons. The Morgan fingerprint density at radius 1 is 1.23 bits per heavy atom. The van der Waals surface area contributed by atoms with Crippen molar-refractivity contribution >= 4 is 45.5 Å². The second-order valence-electron chi connectivity index (χ2n) is 4.88. The van der Waals surface area contributed by atoms with Gasteiger partial charge in [-0.15, -0.1) is 34.4 Å². The molecule has 6 heteroatoms. The lowest BCUT2D eigenvalue weighted by atomic mass is 10.1. The lowest BCUT2D eigenvalue weighted by molar-refractivity contribution is -0.115. The molecule has 3 aromatic rings. The first kappa shape index (κ1) is 14.0. The van der Waals surface area contributed by atoms with Crippen molar-refractivity contribution in [1.82, 2.24) is 4.98 Å². The predicted molar refractivity (Wildman–Crippen MR) is 93.8 cm³/mol. The van der Waals surface area contributed by atoms with Crippen molar-refractivity contribution in [2.45, 2.75) is 17.1 Å². The summed E-state index contributed by atoms with van der Waals surface area (Å²) in [5, 5.41) is 5.62. The van der Waals surface area contributed by atoms with Gasteiger partial charge in [-0.3, -0.25) is 4.79 Å². The zero-order valence-electron chi connectivity index (χ0n) is 11.5. The Kier molecular flexibility index (Phi) is 3.73. The van der Waals surface area contributed by atoms with Crippen molar-refractivity contribution in [1.29, 1.82) is 0 Å². The minimum atomic E-state index is -0.00511. The van der Waals surface area contributed by atoms with Gasteiger partial charge in [-0.25, -0.2) is 4.98 Å². The van der Waals surface area contributed by atoms with Gasteiger partial charge in [0.1, 0.15) is 0 Å². The molecule has 0 fully saturated rings. The number of nitrogens with zero attached hydrogens (tertiary/aromatic N) is 1. The number of hydrogen-bond acceptors (Lipinski definition) is 5. The van der Waals surface area contributed by atoms with Crippen LogP contribution in [-0.2, 0) is 17.0 Å². The van der Waals surface area contributed by atoms with E-state index in [1.165, 1.54) is 15.3 Å². The molecule has 3 heterocycles. The molecule has 1 aliphatic rings. The highest BCUT2D eigenvalue weighted by Gasteiger charge is 2.21. The molecule has 2 aromatic heterocycles. The molecule has 0 atom stereocenters. The predicted octanol–water partition coefficient (Wildman–Crippen LogP) is 4.66. The first-order valence-electron chi connectivity index (χ1n) is 6.84. The first-order valence-corrected chi connectivity index (χ1v) is 9.52. The van der Waals surface area contributed by atoms with Gasteiger partial charge in [-0.1, -0.05) is 24.3 Å². The van der Waals surface area contributed by atoms with Crippen LogP contribution in [0.3, 0.4) is 0 Å². The molecular weight excluding hydrogens is 332 g/mol. The van der Waals surface area contributed by atoms with E-state index in [0.717, 1.165) is 16.3 Å². The number of rotatable bonds is 3. The van der Waals surface area contributed by atoms with E-state index in [4.69, 9.17) is 0 Å². The number of carbonyl (C=O) groups excluding carboxylic acids is 1. The van der Waals surface area contributed by atoms with Crippen molar-refractivity contribution in [3.05, 3.63) is 51.5 Å². The number of hydrogen-bond donors (Lipinski definition) is 1. The van der Waals surface area contributed by atoms with E-state index >= 15 is 0 Å². The average Bonchev–Trinajstić information content (AvgIpc) is 3.16. The van der Waals surface area contributed by atoms with Crippen LogP contribution in [0.2, 0.25) is 0 Å². The standard InChI is InChI=1S/C16H12N2OS3/c19-14(8-10-4-3-7-20-10)17-16-18-15-11-5-1-2-6-12(11)21-9-13(15)22-16/h1-7H,8-9H2,(H,17,18,19). The number of thiazole rings is 1. The van der Waals surface area contributed by atoms with E-state index in [0.29, 0.717) is 11.6 Å². The number of thioether (sulfide) groups is 1. The summed E-state index contributed by atoms with van der Waals surface area (Å²) in [4.78, 5) is 20.3. The minimum absolute atomic E-state index is 0.00511. The third-order valence-electron chi connectivity index (χ3n) is 3.36. The highest BCUT2D eigenvalue weighted by Crippen LogP contribution is 2.44. The molecule has 0 radical (unpaired) electrons.